The van der Waals surface area contributed by atoms with E-state index in [-0.39, 0.29) is 12.1 Å². The Kier molecular flexibility index (Phi) is 6.87. The molecule has 0 saturated carbocycles. The van der Waals surface area contributed by atoms with Crippen LogP contribution in [0, 0.1) is 0 Å². The van der Waals surface area contributed by atoms with Crippen molar-refractivity contribution >= 4 is 0 Å². The maximum Gasteiger partial charge on any atom is 0.120 e. The third-order valence-corrected chi connectivity index (χ3v) is 5.93. The van der Waals surface area contributed by atoms with E-state index in [2.05, 4.69) is 12.1 Å². The molecule has 2 atom stereocenters. The first-order chi connectivity index (χ1) is 15.1. The fourth-order valence-electron chi connectivity index (χ4n) is 4.08. The summed E-state index contributed by atoms with van der Waals surface area (Å²) in [4.78, 5) is 0. The summed E-state index contributed by atoms with van der Waals surface area (Å²) in [7, 11) is 0. The molecular weight excluding hydrogens is 388 g/mol. The Morgan fingerprint density at radius 3 is 1.97 bits per heavy atom. The number of benzene rings is 3. The highest BCUT2D eigenvalue weighted by atomic mass is 16.5. The molecule has 0 aliphatic carbocycles. The molecule has 0 spiro atoms. The van der Waals surface area contributed by atoms with Crippen molar-refractivity contribution < 1.29 is 14.6 Å². The van der Waals surface area contributed by atoms with Crippen LogP contribution in [0.5, 0.6) is 11.5 Å². The summed E-state index contributed by atoms with van der Waals surface area (Å²) in [6.07, 6.45) is 1.79. The fraction of sp³-hybridized carbons (Fsp3) is 0.308. The van der Waals surface area contributed by atoms with Crippen LogP contribution in [0.3, 0.4) is 0 Å². The number of aliphatic hydroxyl groups excluding tert-OH is 1. The van der Waals surface area contributed by atoms with E-state index in [0.29, 0.717) is 18.8 Å². The van der Waals surface area contributed by atoms with Crippen molar-refractivity contribution in [3.8, 4) is 11.5 Å². The highest BCUT2D eigenvalue weighted by molar-refractivity contribution is 5.31. The van der Waals surface area contributed by atoms with E-state index in [1.165, 1.54) is 5.56 Å². The molecule has 3 N–H and O–H groups in total. The first-order valence-corrected chi connectivity index (χ1v) is 10.8. The van der Waals surface area contributed by atoms with Gasteiger partial charge in [0.2, 0.25) is 0 Å². The molecule has 1 saturated heterocycles. The molecule has 1 aliphatic rings. The van der Waals surface area contributed by atoms with Crippen LogP contribution in [0.25, 0.3) is 0 Å². The van der Waals surface area contributed by atoms with Crippen molar-refractivity contribution in [3.05, 3.63) is 96.1 Å². The van der Waals surface area contributed by atoms with E-state index in [1.807, 2.05) is 77.8 Å². The van der Waals surface area contributed by atoms with E-state index in [0.717, 1.165) is 30.7 Å². The van der Waals surface area contributed by atoms with Gasteiger partial charge in [-0.15, -0.1) is 0 Å². The molecule has 5 nitrogen and oxygen atoms in total. The third kappa shape index (κ3) is 5.64. The Balaban J connectivity index is 1.26. The Morgan fingerprint density at radius 1 is 0.839 bits per heavy atom. The van der Waals surface area contributed by atoms with Crippen LogP contribution in [0.1, 0.15) is 24.0 Å². The first-order valence-electron chi connectivity index (χ1n) is 10.8. The largest absolute Gasteiger partial charge is 0.491 e. The standard InChI is InChI=1S/C26H30N2O3/c27-28-16-15-26(28,17-21-7-3-1-4-8-21)18-23(29)20-31-25-13-11-24(12-14-25)30-19-22-9-5-2-6-10-22/h1-14,23,29H,15-20,27H2. The first kappa shape index (κ1) is 21.4. The van der Waals surface area contributed by atoms with Gasteiger partial charge in [0, 0.05) is 12.1 Å². The van der Waals surface area contributed by atoms with Gasteiger partial charge in [0.25, 0.3) is 0 Å². The van der Waals surface area contributed by atoms with E-state index < -0.39 is 6.10 Å². The summed E-state index contributed by atoms with van der Waals surface area (Å²) < 4.78 is 11.6. The molecule has 4 rings (SSSR count). The Morgan fingerprint density at radius 2 is 1.42 bits per heavy atom. The maximum atomic E-state index is 10.6. The SMILES string of the molecule is NN1CCC1(Cc1ccccc1)CC(O)COc1ccc(OCc2ccccc2)cc1. The quantitative estimate of drug-likeness (QED) is 0.488. The smallest absolute Gasteiger partial charge is 0.120 e. The van der Waals surface area contributed by atoms with Crippen molar-refractivity contribution in [1.82, 2.24) is 5.01 Å². The number of nitrogens with two attached hydrogens (primary N) is 1. The number of hydrogen-bond donors (Lipinski definition) is 2. The number of hydrogen-bond acceptors (Lipinski definition) is 5. The molecule has 0 amide bonds. The third-order valence-electron chi connectivity index (χ3n) is 5.93. The molecule has 31 heavy (non-hydrogen) atoms. The lowest BCUT2D eigenvalue weighted by molar-refractivity contribution is -0.0573. The predicted molar refractivity (Wildman–Crippen MR) is 122 cm³/mol. The van der Waals surface area contributed by atoms with Crippen molar-refractivity contribution in [2.24, 2.45) is 5.84 Å². The number of ether oxygens (including phenoxy) is 2. The zero-order valence-electron chi connectivity index (χ0n) is 17.7. The lowest BCUT2D eigenvalue weighted by Crippen LogP contribution is -2.65. The predicted octanol–water partition coefficient (Wildman–Crippen LogP) is 3.96. The van der Waals surface area contributed by atoms with Crippen LogP contribution < -0.4 is 15.3 Å². The lowest BCUT2D eigenvalue weighted by atomic mass is 9.76. The van der Waals surface area contributed by atoms with Crippen LogP contribution in [-0.2, 0) is 13.0 Å². The van der Waals surface area contributed by atoms with Crippen LogP contribution in [-0.4, -0.2) is 34.9 Å². The van der Waals surface area contributed by atoms with E-state index in [4.69, 9.17) is 15.3 Å². The molecule has 1 aliphatic heterocycles. The Bertz CT molecular complexity index is 934. The minimum Gasteiger partial charge on any atom is -0.491 e. The lowest BCUT2D eigenvalue weighted by Gasteiger charge is -2.51. The second-order valence-electron chi connectivity index (χ2n) is 8.24. The van der Waals surface area contributed by atoms with Crippen molar-refractivity contribution in [1.29, 1.82) is 0 Å². The van der Waals surface area contributed by atoms with Gasteiger partial charge in [-0.1, -0.05) is 60.7 Å². The van der Waals surface area contributed by atoms with Crippen molar-refractivity contribution in [2.45, 2.75) is 37.5 Å². The maximum absolute atomic E-state index is 10.6. The Hall–Kier alpha value is -2.86. The van der Waals surface area contributed by atoms with Gasteiger partial charge in [-0.25, -0.2) is 5.01 Å². The molecule has 2 unspecified atom stereocenters. The summed E-state index contributed by atoms with van der Waals surface area (Å²) in [6.45, 7) is 1.61. The van der Waals surface area contributed by atoms with Gasteiger partial charge >= 0.3 is 0 Å². The number of hydrazine groups is 1. The van der Waals surface area contributed by atoms with Gasteiger partial charge in [0.1, 0.15) is 24.7 Å². The molecule has 0 bridgehead atoms. The normalized spacial score (nSPS) is 19.4. The molecular formula is C26H30N2O3. The van der Waals surface area contributed by atoms with Crippen LogP contribution >= 0.6 is 0 Å². The zero-order valence-corrected chi connectivity index (χ0v) is 17.7. The number of aliphatic hydroxyl groups is 1. The summed E-state index contributed by atoms with van der Waals surface area (Å²) in [5, 5.41) is 12.5. The van der Waals surface area contributed by atoms with E-state index in [9.17, 15) is 5.11 Å². The molecule has 1 fully saturated rings. The highest BCUT2D eigenvalue weighted by Crippen LogP contribution is 2.35. The summed E-state index contributed by atoms with van der Waals surface area (Å²) in [5.74, 6) is 7.71. The molecule has 0 aromatic heterocycles. The minimum atomic E-state index is -0.593. The van der Waals surface area contributed by atoms with Gasteiger partial charge in [-0.2, -0.15) is 0 Å². The molecule has 1 heterocycles. The van der Waals surface area contributed by atoms with E-state index >= 15 is 0 Å². The second-order valence-corrected chi connectivity index (χ2v) is 8.24. The number of rotatable bonds is 10. The van der Waals surface area contributed by atoms with Gasteiger partial charge in [-0.05, 0) is 54.7 Å². The highest BCUT2D eigenvalue weighted by Gasteiger charge is 2.44. The monoisotopic (exact) mass is 418 g/mol. The zero-order chi connectivity index (χ0) is 21.5. The van der Waals surface area contributed by atoms with Crippen LogP contribution in [0.4, 0.5) is 0 Å². The van der Waals surface area contributed by atoms with Gasteiger partial charge in [-0.3, -0.25) is 5.84 Å². The Labute approximate surface area is 184 Å². The summed E-state index contributed by atoms with van der Waals surface area (Å²) in [6, 6.07) is 27.9. The summed E-state index contributed by atoms with van der Waals surface area (Å²) >= 11 is 0. The molecule has 162 valence electrons. The number of nitrogens with zero attached hydrogens (tertiary/aromatic N) is 1. The van der Waals surface area contributed by atoms with Gasteiger partial charge < -0.3 is 14.6 Å². The van der Waals surface area contributed by atoms with Crippen molar-refractivity contribution in [2.75, 3.05) is 13.2 Å². The molecule has 3 aromatic rings. The van der Waals surface area contributed by atoms with Gasteiger partial charge in [0.05, 0.1) is 6.10 Å². The van der Waals surface area contributed by atoms with E-state index in [1.54, 1.807) is 0 Å². The van der Waals surface area contributed by atoms with Crippen LogP contribution in [0.15, 0.2) is 84.9 Å². The topological polar surface area (TPSA) is 68.0 Å². The van der Waals surface area contributed by atoms with Gasteiger partial charge in [0.15, 0.2) is 0 Å². The molecule has 3 aromatic carbocycles. The van der Waals surface area contributed by atoms with Crippen LogP contribution in [0.2, 0.25) is 0 Å². The second kappa shape index (κ2) is 9.96. The fourth-order valence-corrected chi connectivity index (χ4v) is 4.08. The molecule has 5 heteroatoms. The molecule has 0 radical (unpaired) electrons. The average molecular weight is 419 g/mol. The summed E-state index contributed by atoms with van der Waals surface area (Å²) in [5.41, 5.74) is 2.15. The average Bonchev–Trinajstić information content (AvgIpc) is 2.82. The van der Waals surface area contributed by atoms with Crippen molar-refractivity contribution in [3.63, 3.8) is 0 Å². The minimum absolute atomic E-state index is 0.209.